The van der Waals surface area contributed by atoms with E-state index in [1.165, 1.54) is 11.3 Å². The third-order valence-corrected chi connectivity index (χ3v) is 2.84. The van der Waals surface area contributed by atoms with Crippen LogP contribution in [0, 0.1) is 0 Å². The lowest BCUT2D eigenvalue weighted by Gasteiger charge is -2.04. The molecule has 2 aromatic rings. The molecule has 1 N–H and O–H groups in total. The number of anilines is 2. The van der Waals surface area contributed by atoms with E-state index in [2.05, 4.69) is 10.3 Å². The molecule has 0 amide bonds. The molecule has 0 bridgehead atoms. The van der Waals surface area contributed by atoms with Crippen LogP contribution in [0.2, 0.25) is 10.0 Å². The molecule has 0 aliphatic carbocycles. The molecule has 0 aliphatic heterocycles. The standard InChI is InChI=1S/C9H6Cl2N2S/c10-6-1-2-8(7(11)5-6)13-9-12-3-4-14-9/h1-5H,(H,12,13). The maximum absolute atomic E-state index is 5.98. The Morgan fingerprint density at radius 2 is 2.14 bits per heavy atom. The van der Waals surface area contributed by atoms with Crippen molar-refractivity contribution < 1.29 is 0 Å². The Kier molecular flexibility index (Phi) is 2.91. The van der Waals surface area contributed by atoms with Gasteiger partial charge in [-0.3, -0.25) is 0 Å². The van der Waals surface area contributed by atoms with Gasteiger partial charge in [-0.2, -0.15) is 0 Å². The molecule has 0 radical (unpaired) electrons. The van der Waals surface area contributed by atoms with E-state index < -0.39 is 0 Å². The molecule has 0 aliphatic rings. The van der Waals surface area contributed by atoms with Crippen LogP contribution in [0.25, 0.3) is 0 Å². The molecule has 1 aromatic heterocycles. The number of thiazole rings is 1. The highest BCUT2D eigenvalue weighted by atomic mass is 35.5. The van der Waals surface area contributed by atoms with Crippen LogP contribution in [0.15, 0.2) is 29.8 Å². The lowest BCUT2D eigenvalue weighted by atomic mass is 10.3. The van der Waals surface area contributed by atoms with Crippen molar-refractivity contribution in [2.75, 3.05) is 5.32 Å². The Morgan fingerprint density at radius 1 is 1.29 bits per heavy atom. The molecule has 1 heterocycles. The number of halogens is 2. The van der Waals surface area contributed by atoms with E-state index in [0.29, 0.717) is 10.0 Å². The summed E-state index contributed by atoms with van der Waals surface area (Å²) in [7, 11) is 0. The van der Waals surface area contributed by atoms with E-state index in [1.54, 1.807) is 18.3 Å². The molecular formula is C9H6Cl2N2S. The summed E-state index contributed by atoms with van der Waals surface area (Å²) < 4.78 is 0. The molecule has 14 heavy (non-hydrogen) atoms. The van der Waals surface area contributed by atoms with Crippen LogP contribution >= 0.6 is 34.5 Å². The maximum Gasteiger partial charge on any atom is 0.187 e. The van der Waals surface area contributed by atoms with E-state index in [-0.39, 0.29) is 0 Å². The summed E-state index contributed by atoms with van der Waals surface area (Å²) in [5.41, 5.74) is 0.811. The highest BCUT2D eigenvalue weighted by molar-refractivity contribution is 7.13. The largest absolute Gasteiger partial charge is 0.330 e. The summed E-state index contributed by atoms with van der Waals surface area (Å²) in [6.45, 7) is 0. The van der Waals surface area contributed by atoms with Gasteiger partial charge in [0, 0.05) is 16.6 Å². The Hall–Kier alpha value is -0.770. The zero-order valence-corrected chi connectivity index (χ0v) is 9.33. The predicted molar refractivity (Wildman–Crippen MR) is 61.9 cm³/mol. The quantitative estimate of drug-likeness (QED) is 0.857. The number of hydrogen-bond acceptors (Lipinski definition) is 3. The van der Waals surface area contributed by atoms with E-state index in [1.807, 2.05) is 11.4 Å². The Balaban J connectivity index is 2.25. The van der Waals surface area contributed by atoms with Crippen molar-refractivity contribution in [3.05, 3.63) is 39.8 Å². The van der Waals surface area contributed by atoms with E-state index >= 15 is 0 Å². The van der Waals surface area contributed by atoms with Crippen molar-refractivity contribution in [1.29, 1.82) is 0 Å². The maximum atomic E-state index is 5.98. The third kappa shape index (κ3) is 2.18. The fraction of sp³-hybridized carbons (Fsp3) is 0. The number of aromatic nitrogens is 1. The van der Waals surface area contributed by atoms with Crippen LogP contribution in [0.5, 0.6) is 0 Å². The SMILES string of the molecule is Clc1ccc(Nc2nccs2)c(Cl)c1. The normalized spacial score (nSPS) is 10.1. The van der Waals surface area contributed by atoms with Crippen LogP contribution in [-0.2, 0) is 0 Å². The molecule has 2 nitrogen and oxygen atoms in total. The molecule has 0 fully saturated rings. The van der Waals surface area contributed by atoms with Crippen LogP contribution < -0.4 is 5.32 Å². The van der Waals surface area contributed by atoms with Crippen LogP contribution in [0.4, 0.5) is 10.8 Å². The second-order valence-electron chi connectivity index (χ2n) is 2.59. The fourth-order valence-corrected chi connectivity index (χ4v) is 1.99. The second-order valence-corrected chi connectivity index (χ2v) is 4.32. The van der Waals surface area contributed by atoms with Gasteiger partial charge in [0.05, 0.1) is 10.7 Å². The highest BCUT2D eigenvalue weighted by Crippen LogP contribution is 2.28. The number of rotatable bonds is 2. The first-order valence-corrected chi connectivity index (χ1v) is 5.51. The van der Waals surface area contributed by atoms with Gasteiger partial charge in [0.1, 0.15) is 0 Å². The molecule has 0 unspecified atom stereocenters. The van der Waals surface area contributed by atoms with Crippen molar-refractivity contribution in [1.82, 2.24) is 4.98 Å². The minimum atomic E-state index is 0.590. The summed E-state index contributed by atoms with van der Waals surface area (Å²) in [5.74, 6) is 0. The number of hydrogen-bond donors (Lipinski definition) is 1. The summed E-state index contributed by atoms with van der Waals surface area (Å²) in [4.78, 5) is 4.09. The van der Waals surface area contributed by atoms with Crippen molar-refractivity contribution >= 4 is 45.4 Å². The molecule has 1 aromatic carbocycles. The van der Waals surface area contributed by atoms with Gasteiger partial charge in [0.25, 0.3) is 0 Å². The Morgan fingerprint density at radius 3 is 2.79 bits per heavy atom. The highest BCUT2D eigenvalue weighted by Gasteiger charge is 2.02. The molecule has 2 rings (SSSR count). The lowest BCUT2D eigenvalue weighted by Crippen LogP contribution is -1.89. The lowest BCUT2D eigenvalue weighted by molar-refractivity contribution is 1.39. The van der Waals surface area contributed by atoms with Gasteiger partial charge < -0.3 is 5.32 Å². The smallest absolute Gasteiger partial charge is 0.187 e. The van der Waals surface area contributed by atoms with Crippen LogP contribution in [-0.4, -0.2) is 4.98 Å². The van der Waals surface area contributed by atoms with Gasteiger partial charge in [-0.25, -0.2) is 4.98 Å². The zero-order valence-electron chi connectivity index (χ0n) is 7.00. The van der Waals surface area contributed by atoms with Gasteiger partial charge in [0.2, 0.25) is 0 Å². The van der Waals surface area contributed by atoms with Crippen LogP contribution in [0.3, 0.4) is 0 Å². The molecule has 0 atom stereocenters. The number of nitrogens with zero attached hydrogens (tertiary/aromatic N) is 1. The number of nitrogens with one attached hydrogen (secondary N) is 1. The Bertz CT molecular complexity index is 428. The first kappa shape index (κ1) is 9.77. The van der Waals surface area contributed by atoms with Gasteiger partial charge >= 0.3 is 0 Å². The molecular weight excluding hydrogens is 239 g/mol. The van der Waals surface area contributed by atoms with E-state index in [9.17, 15) is 0 Å². The molecule has 0 saturated carbocycles. The molecule has 0 spiro atoms. The van der Waals surface area contributed by atoms with Gasteiger partial charge in [0.15, 0.2) is 5.13 Å². The van der Waals surface area contributed by atoms with E-state index in [0.717, 1.165) is 10.8 Å². The van der Waals surface area contributed by atoms with Crippen molar-refractivity contribution in [2.45, 2.75) is 0 Å². The summed E-state index contributed by atoms with van der Waals surface area (Å²) in [6.07, 6.45) is 1.73. The van der Waals surface area contributed by atoms with Crippen molar-refractivity contribution in [2.24, 2.45) is 0 Å². The third-order valence-electron chi connectivity index (χ3n) is 1.61. The topological polar surface area (TPSA) is 24.9 Å². The monoisotopic (exact) mass is 244 g/mol. The number of benzene rings is 1. The van der Waals surface area contributed by atoms with Crippen molar-refractivity contribution in [3.63, 3.8) is 0 Å². The van der Waals surface area contributed by atoms with Gasteiger partial charge in [-0.05, 0) is 18.2 Å². The first-order valence-electron chi connectivity index (χ1n) is 3.87. The van der Waals surface area contributed by atoms with Crippen molar-refractivity contribution in [3.8, 4) is 0 Å². The van der Waals surface area contributed by atoms with Crippen LogP contribution in [0.1, 0.15) is 0 Å². The summed E-state index contributed by atoms with van der Waals surface area (Å²) in [6, 6.07) is 5.30. The molecule has 0 saturated heterocycles. The fourth-order valence-electron chi connectivity index (χ4n) is 0.991. The molecule has 5 heteroatoms. The molecule has 72 valence electrons. The second kappa shape index (κ2) is 4.17. The summed E-state index contributed by atoms with van der Waals surface area (Å²) in [5, 5.41) is 7.02. The predicted octanol–water partition coefficient (Wildman–Crippen LogP) is 4.19. The minimum absolute atomic E-state index is 0.590. The zero-order chi connectivity index (χ0) is 9.97. The average Bonchev–Trinajstić information content (AvgIpc) is 2.62. The first-order chi connectivity index (χ1) is 6.75. The van der Waals surface area contributed by atoms with Gasteiger partial charge in [-0.1, -0.05) is 23.2 Å². The summed E-state index contributed by atoms with van der Waals surface area (Å²) >= 11 is 13.3. The van der Waals surface area contributed by atoms with E-state index in [4.69, 9.17) is 23.2 Å². The Labute approximate surface area is 95.5 Å². The van der Waals surface area contributed by atoms with Gasteiger partial charge in [-0.15, -0.1) is 11.3 Å². The minimum Gasteiger partial charge on any atom is -0.330 e. The average molecular weight is 245 g/mol.